The van der Waals surface area contributed by atoms with Crippen LogP contribution in [0.25, 0.3) is 39.2 Å². The first-order chi connectivity index (χ1) is 16.2. The zero-order valence-electron chi connectivity index (χ0n) is 18.3. The van der Waals surface area contributed by atoms with E-state index in [4.69, 9.17) is 4.98 Å². The molecule has 1 aromatic heterocycles. The van der Waals surface area contributed by atoms with Gasteiger partial charge < -0.3 is 5.32 Å². The summed E-state index contributed by atoms with van der Waals surface area (Å²) in [4.78, 5) is 17.3. The van der Waals surface area contributed by atoms with Gasteiger partial charge in [-0.15, -0.1) is 0 Å². The maximum Gasteiger partial charge on any atom is 0.255 e. The summed E-state index contributed by atoms with van der Waals surface area (Å²) in [6, 6.07) is 32.7. The van der Waals surface area contributed by atoms with Crippen LogP contribution in [0.1, 0.15) is 15.9 Å². The molecule has 4 aromatic carbocycles. The van der Waals surface area contributed by atoms with Crippen LogP contribution >= 0.6 is 0 Å². The molecule has 33 heavy (non-hydrogen) atoms. The number of aromatic nitrogens is 2. The fraction of sp³-hybridized carbons (Fsp3) is 0.0345. The van der Waals surface area contributed by atoms with Crippen LogP contribution in [0.2, 0.25) is 0 Å². The molecule has 0 bridgehead atoms. The molecule has 5 rings (SSSR count). The van der Waals surface area contributed by atoms with E-state index < -0.39 is 0 Å². The second-order valence-electron chi connectivity index (χ2n) is 7.88. The van der Waals surface area contributed by atoms with Crippen LogP contribution in [0.5, 0.6) is 0 Å². The summed E-state index contributed by atoms with van der Waals surface area (Å²) >= 11 is 0. The number of fused-ring (bicyclic) bond motifs is 1. The zero-order valence-corrected chi connectivity index (χ0v) is 18.3. The Bertz CT molecular complexity index is 1460. The molecular formula is C29H23N3O. The van der Waals surface area contributed by atoms with Crippen LogP contribution in [-0.4, -0.2) is 15.5 Å². The normalized spacial score (nSPS) is 10.8. The number of nitrogens with zero attached hydrogens (tertiary/aromatic N) is 2. The second kappa shape index (κ2) is 8.60. The average Bonchev–Trinajstić information content (AvgIpc) is 3.25. The van der Waals surface area contributed by atoms with Crippen molar-refractivity contribution in [3.63, 3.8) is 0 Å². The summed E-state index contributed by atoms with van der Waals surface area (Å²) < 4.78 is 2.19. The third-order valence-corrected chi connectivity index (χ3v) is 5.77. The van der Waals surface area contributed by atoms with Gasteiger partial charge in [-0.2, -0.15) is 0 Å². The molecule has 1 N–H and O–H groups in total. The number of hydrogen-bond donors (Lipinski definition) is 1. The van der Waals surface area contributed by atoms with E-state index in [1.807, 2.05) is 61.5 Å². The van der Waals surface area contributed by atoms with Gasteiger partial charge in [0.2, 0.25) is 0 Å². The Morgan fingerprint density at radius 1 is 0.848 bits per heavy atom. The number of carbonyl (C=O) groups excluding carboxylic acids is 1. The summed E-state index contributed by atoms with van der Waals surface area (Å²) in [5.41, 5.74) is 7.70. The highest BCUT2D eigenvalue weighted by atomic mass is 16.1. The fourth-order valence-electron chi connectivity index (χ4n) is 4.09. The molecule has 4 heteroatoms. The predicted octanol–water partition coefficient (Wildman–Crippen LogP) is 6.54. The molecule has 0 atom stereocenters. The van der Waals surface area contributed by atoms with E-state index in [9.17, 15) is 4.79 Å². The molecule has 0 saturated heterocycles. The third kappa shape index (κ3) is 3.83. The molecule has 0 fully saturated rings. The molecule has 0 unspecified atom stereocenters. The first-order valence-electron chi connectivity index (χ1n) is 10.8. The van der Waals surface area contributed by atoms with Gasteiger partial charge in [0.15, 0.2) is 0 Å². The molecule has 0 aliphatic heterocycles. The SMILES string of the molecule is C=CNC(=O)c1cc(-c2ccc(-c3nc4ccccc4n3-c3ccccc3)cc2)ccc1C. The smallest absolute Gasteiger partial charge is 0.255 e. The number of rotatable bonds is 5. The van der Waals surface area contributed by atoms with Gasteiger partial charge in [-0.05, 0) is 60.1 Å². The van der Waals surface area contributed by atoms with Crippen molar-refractivity contribution in [2.24, 2.45) is 0 Å². The van der Waals surface area contributed by atoms with Crippen LogP contribution in [0, 0.1) is 6.92 Å². The lowest BCUT2D eigenvalue weighted by molar-refractivity contribution is 0.0969. The Morgan fingerprint density at radius 3 is 2.27 bits per heavy atom. The third-order valence-electron chi connectivity index (χ3n) is 5.77. The quantitative estimate of drug-likeness (QED) is 0.345. The fourth-order valence-corrected chi connectivity index (χ4v) is 4.09. The van der Waals surface area contributed by atoms with E-state index in [1.165, 1.54) is 6.20 Å². The van der Waals surface area contributed by atoms with Crippen LogP contribution in [0.15, 0.2) is 110 Å². The maximum atomic E-state index is 12.4. The lowest BCUT2D eigenvalue weighted by Crippen LogP contribution is -2.17. The summed E-state index contributed by atoms with van der Waals surface area (Å²) in [7, 11) is 0. The van der Waals surface area contributed by atoms with Crippen molar-refractivity contribution >= 4 is 16.9 Å². The molecule has 0 radical (unpaired) electrons. The highest BCUT2D eigenvalue weighted by Gasteiger charge is 2.14. The van der Waals surface area contributed by atoms with Crippen LogP contribution in [-0.2, 0) is 0 Å². The minimum absolute atomic E-state index is 0.155. The first kappa shape index (κ1) is 20.5. The van der Waals surface area contributed by atoms with Crippen molar-refractivity contribution in [2.45, 2.75) is 6.92 Å². The number of aryl methyl sites for hydroxylation is 1. The summed E-state index contributed by atoms with van der Waals surface area (Å²) in [5, 5.41) is 2.66. The predicted molar refractivity (Wildman–Crippen MR) is 134 cm³/mol. The van der Waals surface area contributed by atoms with Gasteiger partial charge in [0, 0.05) is 16.8 Å². The molecule has 1 heterocycles. The van der Waals surface area contributed by atoms with E-state index in [1.54, 1.807) is 0 Å². The van der Waals surface area contributed by atoms with Gasteiger partial charge in [-0.3, -0.25) is 9.36 Å². The molecule has 160 valence electrons. The van der Waals surface area contributed by atoms with Gasteiger partial charge >= 0.3 is 0 Å². The molecular weight excluding hydrogens is 406 g/mol. The average molecular weight is 430 g/mol. The molecule has 0 aliphatic rings. The Hall–Kier alpha value is -4.44. The number of nitrogens with one attached hydrogen (secondary N) is 1. The lowest BCUT2D eigenvalue weighted by Gasteiger charge is -2.11. The van der Waals surface area contributed by atoms with Crippen molar-refractivity contribution in [3.8, 4) is 28.2 Å². The number of carbonyl (C=O) groups is 1. The van der Waals surface area contributed by atoms with E-state index in [0.29, 0.717) is 5.56 Å². The van der Waals surface area contributed by atoms with E-state index in [2.05, 4.69) is 58.9 Å². The van der Waals surface area contributed by atoms with E-state index in [0.717, 1.165) is 44.8 Å². The highest BCUT2D eigenvalue weighted by molar-refractivity contribution is 5.97. The van der Waals surface area contributed by atoms with Crippen molar-refractivity contribution in [1.29, 1.82) is 0 Å². The largest absolute Gasteiger partial charge is 0.329 e. The van der Waals surface area contributed by atoms with Gasteiger partial charge in [-0.1, -0.05) is 73.3 Å². The zero-order chi connectivity index (χ0) is 22.8. The Kier molecular flexibility index (Phi) is 5.33. The number of amides is 1. The molecule has 0 aliphatic carbocycles. The standard InChI is InChI=1S/C29H23N3O/c1-3-30-29(33)25-19-23(14-13-20(25)2)21-15-17-22(18-16-21)28-31-26-11-7-8-12-27(26)32(28)24-9-5-4-6-10-24/h3-19H,1H2,2H3,(H,30,33). The van der Waals surface area contributed by atoms with Crippen LogP contribution < -0.4 is 5.32 Å². The Morgan fingerprint density at radius 2 is 1.52 bits per heavy atom. The number of para-hydroxylation sites is 3. The molecule has 5 aromatic rings. The first-order valence-corrected chi connectivity index (χ1v) is 10.8. The van der Waals surface area contributed by atoms with Gasteiger partial charge in [-0.25, -0.2) is 4.98 Å². The summed E-state index contributed by atoms with van der Waals surface area (Å²) in [6.07, 6.45) is 1.40. The van der Waals surface area contributed by atoms with Crippen LogP contribution in [0.4, 0.5) is 0 Å². The second-order valence-corrected chi connectivity index (χ2v) is 7.88. The van der Waals surface area contributed by atoms with E-state index >= 15 is 0 Å². The lowest BCUT2D eigenvalue weighted by atomic mass is 9.98. The van der Waals surface area contributed by atoms with Crippen molar-refractivity contribution < 1.29 is 4.79 Å². The highest BCUT2D eigenvalue weighted by Crippen LogP contribution is 2.30. The summed E-state index contributed by atoms with van der Waals surface area (Å²) in [5.74, 6) is 0.737. The van der Waals surface area contributed by atoms with Gasteiger partial charge in [0.05, 0.1) is 11.0 Å². The monoisotopic (exact) mass is 429 g/mol. The number of imidazole rings is 1. The van der Waals surface area contributed by atoms with Crippen LogP contribution in [0.3, 0.4) is 0 Å². The molecule has 0 spiro atoms. The number of hydrogen-bond acceptors (Lipinski definition) is 2. The molecule has 1 amide bonds. The Labute approximate surface area is 192 Å². The summed E-state index contributed by atoms with van der Waals surface area (Å²) in [6.45, 7) is 5.51. The molecule has 4 nitrogen and oxygen atoms in total. The van der Waals surface area contributed by atoms with Crippen molar-refractivity contribution in [2.75, 3.05) is 0 Å². The molecule has 0 saturated carbocycles. The number of benzene rings is 4. The van der Waals surface area contributed by atoms with E-state index in [-0.39, 0.29) is 5.91 Å². The minimum Gasteiger partial charge on any atom is -0.329 e. The minimum atomic E-state index is -0.155. The van der Waals surface area contributed by atoms with Crippen molar-refractivity contribution in [3.05, 3.63) is 121 Å². The maximum absolute atomic E-state index is 12.4. The Balaban J connectivity index is 1.57. The van der Waals surface area contributed by atoms with Gasteiger partial charge in [0.1, 0.15) is 5.82 Å². The van der Waals surface area contributed by atoms with Crippen molar-refractivity contribution in [1.82, 2.24) is 14.9 Å². The topological polar surface area (TPSA) is 46.9 Å². The van der Waals surface area contributed by atoms with Gasteiger partial charge in [0.25, 0.3) is 5.91 Å².